The fraction of sp³-hybridized carbons (Fsp3) is 0.300. The molecule has 2 amide bonds. The van der Waals surface area contributed by atoms with Crippen molar-refractivity contribution in [3.05, 3.63) is 52.3 Å². The number of amides is 2. The number of carbonyl (C=O) groups is 1. The third-order valence-corrected chi connectivity index (χ3v) is 6.22. The van der Waals surface area contributed by atoms with Crippen LogP contribution in [0.2, 0.25) is 10.2 Å². The topological polar surface area (TPSA) is 106 Å². The Hall–Kier alpha value is -3.45. The summed E-state index contributed by atoms with van der Waals surface area (Å²) in [6.45, 7) is 2.24. The van der Waals surface area contributed by atoms with Crippen LogP contribution in [0.4, 0.5) is 29.3 Å². The number of aromatic nitrogens is 7. The van der Waals surface area contributed by atoms with Crippen LogP contribution in [0.15, 0.2) is 30.7 Å². The van der Waals surface area contributed by atoms with Crippen molar-refractivity contribution in [3.8, 4) is 5.82 Å². The van der Waals surface area contributed by atoms with Gasteiger partial charge in [-0.05, 0) is 19.4 Å². The summed E-state index contributed by atoms with van der Waals surface area (Å²) in [6.07, 6.45) is 0.0644. The standard InChI is InChI=1S/C20H16Cl2F3N9O/c1-3-10-7-28-34(30-10)17-12(21)4-11(6-27-17)29-18(35)32-9-19(2,20(23,24)25)16-13(32)8-26-15-5-14(22)31-33(15)16/h4-8H,3,9H2,1-2H3,(H,29,35)/t19-/m1/s1. The Kier molecular flexibility index (Phi) is 5.36. The number of carbonyl (C=O) groups excluding carboxylic acids is 1. The summed E-state index contributed by atoms with van der Waals surface area (Å²) >= 11 is 12.2. The van der Waals surface area contributed by atoms with E-state index in [9.17, 15) is 18.0 Å². The molecule has 10 nitrogen and oxygen atoms in total. The van der Waals surface area contributed by atoms with E-state index in [0.717, 1.165) is 22.0 Å². The van der Waals surface area contributed by atoms with E-state index in [-0.39, 0.29) is 38.7 Å². The molecule has 182 valence electrons. The molecule has 0 aromatic carbocycles. The number of aryl methyl sites for hydroxylation is 1. The molecular weight excluding hydrogens is 510 g/mol. The predicted molar refractivity (Wildman–Crippen MR) is 121 cm³/mol. The minimum atomic E-state index is -4.69. The first-order valence-corrected chi connectivity index (χ1v) is 11.0. The first kappa shape index (κ1) is 23.3. The van der Waals surface area contributed by atoms with Crippen molar-refractivity contribution in [1.29, 1.82) is 0 Å². The molecule has 15 heteroatoms. The molecule has 0 spiro atoms. The first-order valence-electron chi connectivity index (χ1n) is 10.3. The predicted octanol–water partition coefficient (Wildman–Crippen LogP) is 4.45. The Morgan fingerprint density at radius 3 is 2.60 bits per heavy atom. The Balaban J connectivity index is 1.48. The smallest absolute Gasteiger partial charge is 0.306 e. The highest BCUT2D eigenvalue weighted by molar-refractivity contribution is 6.32. The number of pyridine rings is 1. The zero-order chi connectivity index (χ0) is 25.1. The van der Waals surface area contributed by atoms with Gasteiger partial charge >= 0.3 is 12.2 Å². The number of nitrogens with zero attached hydrogens (tertiary/aromatic N) is 8. The van der Waals surface area contributed by atoms with Gasteiger partial charge in [-0.25, -0.2) is 19.3 Å². The summed E-state index contributed by atoms with van der Waals surface area (Å²) in [7, 11) is 0. The highest BCUT2D eigenvalue weighted by Gasteiger charge is 2.60. The van der Waals surface area contributed by atoms with E-state index in [1.165, 1.54) is 29.3 Å². The number of anilines is 2. The highest BCUT2D eigenvalue weighted by Crippen LogP contribution is 2.50. The second-order valence-corrected chi connectivity index (χ2v) is 8.88. The van der Waals surface area contributed by atoms with Gasteiger partial charge in [0.1, 0.15) is 5.41 Å². The van der Waals surface area contributed by atoms with Gasteiger partial charge in [0.15, 0.2) is 16.6 Å². The van der Waals surface area contributed by atoms with Gasteiger partial charge in [-0.1, -0.05) is 30.1 Å². The van der Waals surface area contributed by atoms with Crippen LogP contribution in [0.25, 0.3) is 11.5 Å². The van der Waals surface area contributed by atoms with Crippen molar-refractivity contribution >= 4 is 46.3 Å². The van der Waals surface area contributed by atoms with Crippen molar-refractivity contribution < 1.29 is 18.0 Å². The monoisotopic (exact) mass is 525 g/mol. The Bertz CT molecular complexity index is 1470. The van der Waals surface area contributed by atoms with Crippen molar-refractivity contribution in [3.63, 3.8) is 0 Å². The highest BCUT2D eigenvalue weighted by atomic mass is 35.5. The fourth-order valence-corrected chi connectivity index (χ4v) is 4.30. The maximum atomic E-state index is 14.2. The lowest BCUT2D eigenvalue weighted by atomic mass is 9.88. The molecular formula is C20H16Cl2F3N9O. The summed E-state index contributed by atoms with van der Waals surface area (Å²) < 4.78 is 43.7. The zero-order valence-corrected chi connectivity index (χ0v) is 19.7. The van der Waals surface area contributed by atoms with Crippen LogP contribution >= 0.6 is 23.2 Å². The molecule has 0 saturated heterocycles. The van der Waals surface area contributed by atoms with Crippen LogP contribution < -0.4 is 10.2 Å². The minimum Gasteiger partial charge on any atom is -0.306 e. The Labute approximate surface area is 205 Å². The molecule has 1 N–H and O–H groups in total. The quantitative estimate of drug-likeness (QED) is 0.423. The van der Waals surface area contributed by atoms with Gasteiger partial charge in [-0.3, -0.25) is 4.90 Å². The molecule has 0 aliphatic carbocycles. The summed E-state index contributed by atoms with van der Waals surface area (Å²) in [5.74, 6) is 0.239. The van der Waals surface area contributed by atoms with E-state index >= 15 is 0 Å². The maximum absolute atomic E-state index is 14.2. The van der Waals surface area contributed by atoms with Gasteiger partial charge in [0, 0.05) is 12.6 Å². The number of urea groups is 1. The van der Waals surface area contributed by atoms with Gasteiger partial charge in [0.25, 0.3) is 0 Å². The minimum absolute atomic E-state index is 0.0168. The number of nitrogens with one attached hydrogen (secondary N) is 1. The molecule has 0 unspecified atom stereocenters. The number of hydrogen-bond donors (Lipinski definition) is 1. The Morgan fingerprint density at radius 1 is 1.17 bits per heavy atom. The first-order chi connectivity index (χ1) is 16.5. The average molecular weight is 526 g/mol. The molecule has 0 radical (unpaired) electrons. The molecule has 1 atom stereocenters. The molecule has 0 saturated carbocycles. The summed E-state index contributed by atoms with van der Waals surface area (Å²) in [4.78, 5) is 23.6. The van der Waals surface area contributed by atoms with E-state index in [4.69, 9.17) is 23.2 Å². The second kappa shape index (κ2) is 8.05. The van der Waals surface area contributed by atoms with Crippen molar-refractivity contribution in [2.24, 2.45) is 0 Å². The largest absolute Gasteiger partial charge is 0.401 e. The lowest BCUT2D eigenvalue weighted by Crippen LogP contribution is -2.46. The number of alkyl halides is 3. The molecule has 4 aromatic rings. The lowest BCUT2D eigenvalue weighted by molar-refractivity contribution is -0.181. The number of hydrogen-bond acceptors (Lipinski definition) is 6. The molecule has 0 fully saturated rings. The van der Waals surface area contributed by atoms with Crippen LogP contribution in [0.3, 0.4) is 0 Å². The van der Waals surface area contributed by atoms with E-state index in [0.29, 0.717) is 6.42 Å². The van der Waals surface area contributed by atoms with Gasteiger partial charge in [0.2, 0.25) is 0 Å². The third kappa shape index (κ3) is 3.74. The molecule has 5 rings (SSSR count). The number of halogens is 5. The van der Waals surface area contributed by atoms with Crippen LogP contribution in [0.5, 0.6) is 0 Å². The summed E-state index contributed by atoms with van der Waals surface area (Å²) in [6, 6.07) is 1.93. The van der Waals surface area contributed by atoms with Crippen molar-refractivity contribution in [2.75, 3.05) is 16.8 Å². The van der Waals surface area contributed by atoms with Gasteiger partial charge in [0.05, 0.1) is 46.4 Å². The summed E-state index contributed by atoms with van der Waals surface area (Å²) in [5.41, 5.74) is -1.65. The maximum Gasteiger partial charge on any atom is 0.401 e. The van der Waals surface area contributed by atoms with Crippen molar-refractivity contribution in [1.82, 2.24) is 34.6 Å². The fourth-order valence-electron chi connectivity index (χ4n) is 3.89. The van der Waals surface area contributed by atoms with Gasteiger partial charge in [-0.15, -0.1) is 4.80 Å². The number of rotatable bonds is 3. The third-order valence-electron chi connectivity index (χ3n) is 5.76. The molecule has 1 aliphatic heterocycles. The van der Waals surface area contributed by atoms with E-state index in [1.54, 1.807) is 6.20 Å². The second-order valence-electron chi connectivity index (χ2n) is 8.08. The van der Waals surface area contributed by atoms with Gasteiger partial charge in [-0.2, -0.15) is 28.5 Å². The van der Waals surface area contributed by atoms with Crippen LogP contribution in [0, 0.1) is 0 Å². The SMILES string of the molecule is CCc1cnn(-c2ncc(NC(=O)N3C[C@@](C)(C(F)(F)F)c4c3cnc3cc(Cl)nn43)cc2Cl)n1. The average Bonchev–Trinajstić information content (AvgIpc) is 3.48. The zero-order valence-electron chi connectivity index (χ0n) is 18.2. The number of fused-ring (bicyclic) bond motifs is 3. The molecule has 1 aliphatic rings. The molecule has 4 aromatic heterocycles. The van der Waals surface area contributed by atoms with Gasteiger partial charge < -0.3 is 5.32 Å². The normalized spacial score (nSPS) is 17.7. The van der Waals surface area contributed by atoms with Crippen LogP contribution in [-0.2, 0) is 11.8 Å². The van der Waals surface area contributed by atoms with E-state index in [2.05, 4.69) is 30.6 Å². The van der Waals surface area contributed by atoms with Crippen LogP contribution in [0.1, 0.15) is 25.2 Å². The lowest BCUT2D eigenvalue weighted by Gasteiger charge is -2.28. The Morgan fingerprint density at radius 2 is 1.94 bits per heavy atom. The molecule has 35 heavy (non-hydrogen) atoms. The van der Waals surface area contributed by atoms with E-state index < -0.39 is 24.2 Å². The van der Waals surface area contributed by atoms with Crippen molar-refractivity contribution in [2.45, 2.75) is 31.9 Å². The molecule has 0 bridgehead atoms. The van der Waals surface area contributed by atoms with Crippen LogP contribution in [-0.4, -0.2) is 53.3 Å². The summed E-state index contributed by atoms with van der Waals surface area (Å²) in [5, 5.41) is 14.9. The molecule has 5 heterocycles. The van der Waals surface area contributed by atoms with E-state index in [1.807, 2.05) is 6.92 Å².